The van der Waals surface area contributed by atoms with Crippen molar-refractivity contribution in [2.45, 2.75) is 27.7 Å². The van der Waals surface area contributed by atoms with Crippen molar-refractivity contribution in [1.82, 2.24) is 9.97 Å². The Labute approximate surface area is 98.1 Å². The second-order valence-electron chi connectivity index (χ2n) is 4.20. The molecule has 1 aromatic rings. The van der Waals surface area contributed by atoms with Crippen LogP contribution in [0.25, 0.3) is 0 Å². The first-order valence-electron chi connectivity index (χ1n) is 5.99. The van der Waals surface area contributed by atoms with Crippen LogP contribution in [0.3, 0.4) is 0 Å². The smallest absolute Gasteiger partial charge is 0.224 e. The minimum atomic E-state index is 0.637. The average Bonchev–Trinajstić information content (AvgIpc) is 2.26. The number of nitrogens with zero attached hydrogens (tertiary/aromatic N) is 3. The minimum absolute atomic E-state index is 0.637. The summed E-state index contributed by atoms with van der Waals surface area (Å²) in [6, 6.07) is 1.96. The maximum absolute atomic E-state index is 4.49. The molecule has 0 saturated heterocycles. The van der Waals surface area contributed by atoms with Crippen LogP contribution in [0.2, 0.25) is 0 Å². The second-order valence-corrected chi connectivity index (χ2v) is 4.20. The molecule has 0 aliphatic heterocycles. The molecule has 4 nitrogen and oxygen atoms in total. The summed E-state index contributed by atoms with van der Waals surface area (Å²) >= 11 is 0. The number of rotatable bonds is 6. The molecule has 0 aliphatic rings. The first kappa shape index (κ1) is 12.7. The van der Waals surface area contributed by atoms with E-state index in [2.05, 4.69) is 41.0 Å². The van der Waals surface area contributed by atoms with Crippen LogP contribution in [0.5, 0.6) is 0 Å². The van der Waals surface area contributed by atoms with Gasteiger partial charge in [0.15, 0.2) is 0 Å². The molecule has 0 unspecified atom stereocenters. The Morgan fingerprint density at radius 1 is 1.38 bits per heavy atom. The van der Waals surface area contributed by atoms with Crippen LogP contribution in [-0.2, 0) is 0 Å². The summed E-state index contributed by atoms with van der Waals surface area (Å²) in [5.41, 5.74) is 0. The maximum Gasteiger partial charge on any atom is 0.224 e. The van der Waals surface area contributed by atoms with E-state index in [9.17, 15) is 0 Å². The summed E-state index contributed by atoms with van der Waals surface area (Å²) in [7, 11) is 0. The van der Waals surface area contributed by atoms with E-state index in [0.29, 0.717) is 11.9 Å². The van der Waals surface area contributed by atoms with Gasteiger partial charge in [0, 0.05) is 25.8 Å². The number of hydrogen-bond acceptors (Lipinski definition) is 4. The normalized spacial score (nSPS) is 10.6. The van der Waals surface area contributed by atoms with E-state index in [1.54, 1.807) is 0 Å². The van der Waals surface area contributed by atoms with Gasteiger partial charge in [-0.3, -0.25) is 0 Å². The Hall–Kier alpha value is -1.32. The highest BCUT2D eigenvalue weighted by Gasteiger charge is 2.08. The third kappa shape index (κ3) is 3.68. The Bertz CT molecular complexity index is 312. The van der Waals surface area contributed by atoms with Gasteiger partial charge in [-0.1, -0.05) is 13.8 Å². The van der Waals surface area contributed by atoms with Crippen molar-refractivity contribution in [3.8, 4) is 0 Å². The zero-order valence-electron chi connectivity index (χ0n) is 10.7. The zero-order valence-corrected chi connectivity index (χ0v) is 10.7. The van der Waals surface area contributed by atoms with Crippen LogP contribution in [0.4, 0.5) is 11.8 Å². The van der Waals surface area contributed by atoms with Crippen LogP contribution in [0, 0.1) is 5.92 Å². The summed E-state index contributed by atoms with van der Waals surface area (Å²) in [5.74, 6) is 2.35. The highest BCUT2D eigenvalue weighted by atomic mass is 15.2. The highest BCUT2D eigenvalue weighted by molar-refractivity contribution is 5.42. The highest BCUT2D eigenvalue weighted by Crippen LogP contribution is 2.13. The van der Waals surface area contributed by atoms with E-state index in [0.717, 1.165) is 25.5 Å². The third-order valence-electron chi connectivity index (χ3n) is 2.27. The van der Waals surface area contributed by atoms with Crippen LogP contribution in [0.1, 0.15) is 27.7 Å². The van der Waals surface area contributed by atoms with Crippen molar-refractivity contribution >= 4 is 11.8 Å². The van der Waals surface area contributed by atoms with Crippen LogP contribution in [-0.4, -0.2) is 29.6 Å². The van der Waals surface area contributed by atoms with Gasteiger partial charge in [0.25, 0.3) is 0 Å². The van der Waals surface area contributed by atoms with Crippen molar-refractivity contribution in [2.24, 2.45) is 5.92 Å². The van der Waals surface area contributed by atoms with Crippen molar-refractivity contribution in [3.63, 3.8) is 0 Å². The molecule has 1 heterocycles. The van der Waals surface area contributed by atoms with E-state index >= 15 is 0 Å². The molecule has 90 valence electrons. The van der Waals surface area contributed by atoms with Gasteiger partial charge in [-0.25, -0.2) is 4.98 Å². The predicted molar refractivity (Wildman–Crippen MR) is 68.9 cm³/mol. The second kappa shape index (κ2) is 6.30. The van der Waals surface area contributed by atoms with E-state index < -0.39 is 0 Å². The van der Waals surface area contributed by atoms with Gasteiger partial charge in [-0.2, -0.15) is 4.98 Å². The number of aromatic nitrogens is 2. The van der Waals surface area contributed by atoms with Crippen molar-refractivity contribution in [3.05, 3.63) is 12.3 Å². The third-order valence-corrected chi connectivity index (χ3v) is 2.27. The van der Waals surface area contributed by atoms with Gasteiger partial charge in [0.1, 0.15) is 5.82 Å². The molecule has 16 heavy (non-hydrogen) atoms. The standard InChI is InChI=1S/C12H22N4/c1-5-13-12-14-8-7-11(15-12)16(6-2)9-10(3)4/h7-8,10H,5-6,9H2,1-4H3,(H,13,14,15). The van der Waals surface area contributed by atoms with Gasteiger partial charge >= 0.3 is 0 Å². The lowest BCUT2D eigenvalue weighted by Crippen LogP contribution is -2.28. The topological polar surface area (TPSA) is 41.1 Å². The van der Waals surface area contributed by atoms with E-state index in [-0.39, 0.29) is 0 Å². The largest absolute Gasteiger partial charge is 0.356 e. The maximum atomic E-state index is 4.49. The molecule has 4 heteroatoms. The molecule has 0 fully saturated rings. The van der Waals surface area contributed by atoms with Crippen molar-refractivity contribution in [1.29, 1.82) is 0 Å². The molecule has 0 atom stereocenters. The predicted octanol–water partition coefficient (Wildman–Crippen LogP) is 2.39. The van der Waals surface area contributed by atoms with Gasteiger partial charge in [-0.15, -0.1) is 0 Å². The molecule has 0 saturated carbocycles. The van der Waals surface area contributed by atoms with Gasteiger partial charge in [-0.05, 0) is 25.8 Å². The first-order chi connectivity index (χ1) is 7.67. The van der Waals surface area contributed by atoms with Gasteiger partial charge < -0.3 is 10.2 Å². The molecular weight excluding hydrogens is 200 g/mol. The number of hydrogen-bond donors (Lipinski definition) is 1. The lowest BCUT2D eigenvalue weighted by molar-refractivity contribution is 0.614. The zero-order chi connectivity index (χ0) is 12.0. The molecule has 0 aliphatic carbocycles. The minimum Gasteiger partial charge on any atom is -0.356 e. The summed E-state index contributed by atoms with van der Waals surface area (Å²) in [5, 5.41) is 3.13. The van der Waals surface area contributed by atoms with Gasteiger partial charge in [0.2, 0.25) is 5.95 Å². The van der Waals surface area contributed by atoms with Crippen molar-refractivity contribution in [2.75, 3.05) is 29.9 Å². The summed E-state index contributed by atoms with van der Waals surface area (Å²) in [6.45, 7) is 11.5. The summed E-state index contributed by atoms with van der Waals surface area (Å²) < 4.78 is 0. The first-order valence-corrected chi connectivity index (χ1v) is 5.99. The molecule has 1 aromatic heterocycles. The van der Waals surface area contributed by atoms with Crippen molar-refractivity contribution < 1.29 is 0 Å². The van der Waals surface area contributed by atoms with Crippen LogP contribution in [0.15, 0.2) is 12.3 Å². The van der Waals surface area contributed by atoms with E-state index in [1.807, 2.05) is 19.2 Å². The number of nitrogens with one attached hydrogen (secondary N) is 1. The Kier molecular flexibility index (Phi) is 5.02. The molecule has 0 spiro atoms. The van der Waals surface area contributed by atoms with Crippen LogP contribution < -0.4 is 10.2 Å². The molecular formula is C12H22N4. The van der Waals surface area contributed by atoms with Crippen LogP contribution >= 0.6 is 0 Å². The molecule has 1 rings (SSSR count). The quantitative estimate of drug-likeness (QED) is 0.802. The number of anilines is 2. The molecule has 0 radical (unpaired) electrons. The SMILES string of the molecule is CCNc1nccc(N(CC)CC(C)C)n1. The fourth-order valence-electron chi connectivity index (χ4n) is 1.59. The Morgan fingerprint density at radius 3 is 2.69 bits per heavy atom. The van der Waals surface area contributed by atoms with Gasteiger partial charge in [0.05, 0.1) is 0 Å². The molecule has 1 N–H and O–H groups in total. The lowest BCUT2D eigenvalue weighted by atomic mass is 10.2. The van der Waals surface area contributed by atoms with E-state index in [1.165, 1.54) is 0 Å². The molecule has 0 amide bonds. The lowest BCUT2D eigenvalue weighted by Gasteiger charge is -2.24. The summed E-state index contributed by atoms with van der Waals surface area (Å²) in [4.78, 5) is 10.9. The van der Waals surface area contributed by atoms with E-state index in [4.69, 9.17) is 0 Å². The Morgan fingerprint density at radius 2 is 2.12 bits per heavy atom. The fourth-order valence-corrected chi connectivity index (χ4v) is 1.59. The molecule has 0 bridgehead atoms. The summed E-state index contributed by atoms with van der Waals surface area (Å²) in [6.07, 6.45) is 1.81. The molecule has 0 aromatic carbocycles. The average molecular weight is 222 g/mol. The monoisotopic (exact) mass is 222 g/mol. The fraction of sp³-hybridized carbons (Fsp3) is 0.667. The Balaban J connectivity index is 2.79.